The summed E-state index contributed by atoms with van der Waals surface area (Å²) in [5, 5.41) is 2.90. The summed E-state index contributed by atoms with van der Waals surface area (Å²) in [5.41, 5.74) is 0.551. The van der Waals surface area contributed by atoms with Gasteiger partial charge in [-0.1, -0.05) is 36.4 Å². The molecule has 0 unspecified atom stereocenters. The molecule has 4 nitrogen and oxygen atoms in total. The predicted octanol–water partition coefficient (Wildman–Crippen LogP) is 1.63. The predicted molar refractivity (Wildman–Crippen MR) is 71.4 cm³/mol. The van der Waals surface area contributed by atoms with Gasteiger partial charge in [0.05, 0.1) is 13.1 Å². The van der Waals surface area contributed by atoms with E-state index in [1.807, 2.05) is 6.07 Å². The number of nitrogens with one attached hydrogen (secondary N) is 1. The number of likely N-dealkylation sites (N-methyl/N-ethyl adjacent to an activating group) is 1. The number of hydrogen-bond donors (Lipinski definition) is 1. The van der Waals surface area contributed by atoms with E-state index in [1.165, 1.54) is 4.90 Å². The molecule has 1 rings (SSSR count). The molecule has 0 atom stereocenters. The quantitative estimate of drug-likeness (QED) is 0.881. The third-order valence-corrected chi connectivity index (χ3v) is 2.36. The average Bonchev–Trinajstić information content (AvgIpc) is 2.36. The second-order valence-corrected chi connectivity index (χ2v) is 4.36. The summed E-state index contributed by atoms with van der Waals surface area (Å²) in [6.45, 7) is 3.65. The normalized spacial score (nSPS) is 9.67. The molecule has 5 heteroatoms. The minimum atomic E-state index is -0.274. The molecule has 0 bridgehead atoms. The second-order valence-electron chi connectivity index (χ2n) is 3.82. The molecule has 96 valence electrons. The number of benzene rings is 1. The van der Waals surface area contributed by atoms with Gasteiger partial charge < -0.3 is 10.2 Å². The Morgan fingerprint density at radius 2 is 1.94 bits per heavy atom. The van der Waals surface area contributed by atoms with Crippen LogP contribution in [0, 0.1) is 0 Å². The number of carbonyl (C=O) groups excluding carboxylic acids is 2. The number of halogens is 1. The molecule has 1 aromatic rings. The summed E-state index contributed by atoms with van der Waals surface area (Å²) in [4.78, 5) is 24.8. The van der Waals surface area contributed by atoms with Crippen LogP contribution in [0.2, 0.25) is 0 Å². The van der Waals surface area contributed by atoms with E-state index in [0.717, 1.165) is 0 Å². The molecular formula is C13H15ClN2O2. The zero-order valence-corrected chi connectivity index (χ0v) is 10.9. The van der Waals surface area contributed by atoms with Crippen molar-refractivity contribution in [1.29, 1.82) is 0 Å². The van der Waals surface area contributed by atoms with Gasteiger partial charge >= 0.3 is 0 Å². The lowest BCUT2D eigenvalue weighted by Gasteiger charge is -2.16. The summed E-state index contributed by atoms with van der Waals surface area (Å²) in [7, 11) is 1.57. The van der Waals surface area contributed by atoms with Gasteiger partial charge in [0, 0.05) is 17.6 Å². The van der Waals surface area contributed by atoms with E-state index in [2.05, 4.69) is 11.9 Å². The van der Waals surface area contributed by atoms with Crippen LogP contribution in [0.1, 0.15) is 10.4 Å². The van der Waals surface area contributed by atoms with Crippen molar-refractivity contribution in [3.8, 4) is 0 Å². The Kier molecular flexibility index (Phi) is 5.39. The number of hydrogen-bond acceptors (Lipinski definition) is 2. The summed E-state index contributed by atoms with van der Waals surface area (Å²) < 4.78 is 0. The Labute approximate surface area is 111 Å². The molecule has 18 heavy (non-hydrogen) atoms. The van der Waals surface area contributed by atoms with Crippen molar-refractivity contribution in [2.24, 2.45) is 0 Å². The standard InChI is InChI=1S/C13H15ClN2O2/c1-10(14)8-15-12(17)9-16(2)13(18)11-6-4-3-5-7-11/h3-7H,1,8-9H2,2H3,(H,15,17). The summed E-state index contributed by atoms with van der Waals surface area (Å²) in [6.07, 6.45) is 0. The third-order valence-electron chi connectivity index (χ3n) is 2.23. The maximum absolute atomic E-state index is 11.9. The molecule has 0 aliphatic heterocycles. The number of carbonyl (C=O) groups is 2. The maximum Gasteiger partial charge on any atom is 0.254 e. The second kappa shape index (κ2) is 6.81. The first-order chi connectivity index (χ1) is 8.50. The molecule has 0 heterocycles. The first-order valence-corrected chi connectivity index (χ1v) is 5.79. The Morgan fingerprint density at radius 3 is 2.50 bits per heavy atom. The van der Waals surface area contributed by atoms with E-state index in [1.54, 1.807) is 31.3 Å². The van der Waals surface area contributed by atoms with Gasteiger partial charge in [-0.2, -0.15) is 0 Å². The Morgan fingerprint density at radius 1 is 1.33 bits per heavy atom. The highest BCUT2D eigenvalue weighted by molar-refractivity contribution is 6.29. The van der Waals surface area contributed by atoms with Gasteiger partial charge in [0.2, 0.25) is 5.91 Å². The molecule has 0 fully saturated rings. The lowest BCUT2D eigenvalue weighted by atomic mass is 10.2. The van der Waals surface area contributed by atoms with Gasteiger partial charge in [0.15, 0.2) is 0 Å². The number of nitrogens with zero attached hydrogens (tertiary/aromatic N) is 1. The molecular weight excluding hydrogens is 252 g/mol. The maximum atomic E-state index is 11.9. The molecule has 0 radical (unpaired) electrons. The van der Waals surface area contributed by atoms with Crippen LogP contribution in [-0.4, -0.2) is 36.9 Å². The van der Waals surface area contributed by atoms with Crippen LogP contribution in [0.3, 0.4) is 0 Å². The number of amides is 2. The van der Waals surface area contributed by atoms with Gasteiger partial charge in [-0.25, -0.2) is 0 Å². The zero-order valence-electron chi connectivity index (χ0n) is 10.1. The topological polar surface area (TPSA) is 49.4 Å². The Bertz CT molecular complexity index is 446. The third kappa shape index (κ3) is 4.59. The lowest BCUT2D eigenvalue weighted by molar-refractivity contribution is -0.121. The van der Waals surface area contributed by atoms with Crippen LogP contribution in [0.5, 0.6) is 0 Å². The largest absolute Gasteiger partial charge is 0.350 e. The van der Waals surface area contributed by atoms with Crippen LogP contribution in [0.4, 0.5) is 0 Å². The zero-order chi connectivity index (χ0) is 13.5. The van der Waals surface area contributed by atoms with Gasteiger partial charge in [-0.05, 0) is 12.1 Å². The van der Waals surface area contributed by atoms with Crippen LogP contribution >= 0.6 is 11.6 Å². The van der Waals surface area contributed by atoms with Gasteiger partial charge in [-0.15, -0.1) is 0 Å². The van der Waals surface area contributed by atoms with E-state index in [-0.39, 0.29) is 24.9 Å². The van der Waals surface area contributed by atoms with Crippen LogP contribution < -0.4 is 5.32 Å². The smallest absolute Gasteiger partial charge is 0.254 e. The van der Waals surface area contributed by atoms with E-state index in [9.17, 15) is 9.59 Å². The molecule has 0 aliphatic carbocycles. The average molecular weight is 267 g/mol. The van der Waals surface area contributed by atoms with Gasteiger partial charge in [0.25, 0.3) is 5.91 Å². The monoisotopic (exact) mass is 266 g/mol. The Hall–Kier alpha value is -1.81. The molecule has 0 aromatic heterocycles. The molecule has 1 aromatic carbocycles. The van der Waals surface area contributed by atoms with E-state index < -0.39 is 0 Å². The van der Waals surface area contributed by atoms with Gasteiger partial charge in [-0.3, -0.25) is 9.59 Å². The van der Waals surface area contributed by atoms with Crippen LogP contribution in [-0.2, 0) is 4.79 Å². The first kappa shape index (κ1) is 14.3. The van der Waals surface area contributed by atoms with Crippen molar-refractivity contribution >= 4 is 23.4 Å². The molecule has 0 saturated carbocycles. The fourth-order valence-corrected chi connectivity index (χ4v) is 1.41. The van der Waals surface area contributed by atoms with Crippen molar-refractivity contribution in [2.45, 2.75) is 0 Å². The molecule has 0 saturated heterocycles. The Balaban J connectivity index is 2.50. The minimum Gasteiger partial charge on any atom is -0.350 e. The highest BCUT2D eigenvalue weighted by atomic mass is 35.5. The van der Waals surface area contributed by atoms with E-state index in [0.29, 0.717) is 10.6 Å². The fourth-order valence-electron chi connectivity index (χ4n) is 1.34. The summed E-state index contributed by atoms with van der Waals surface area (Å²) in [5.74, 6) is -0.473. The minimum absolute atomic E-state index is 0.0160. The van der Waals surface area contributed by atoms with Crippen molar-refractivity contribution in [3.05, 3.63) is 47.5 Å². The lowest BCUT2D eigenvalue weighted by Crippen LogP contribution is -2.38. The molecule has 0 spiro atoms. The van der Waals surface area contributed by atoms with Crippen molar-refractivity contribution < 1.29 is 9.59 Å². The SMILES string of the molecule is C=C(Cl)CNC(=O)CN(C)C(=O)c1ccccc1. The first-order valence-electron chi connectivity index (χ1n) is 5.41. The summed E-state index contributed by atoms with van der Waals surface area (Å²) in [6, 6.07) is 8.79. The van der Waals surface area contributed by atoms with E-state index in [4.69, 9.17) is 11.6 Å². The highest BCUT2D eigenvalue weighted by Crippen LogP contribution is 2.02. The van der Waals surface area contributed by atoms with E-state index >= 15 is 0 Å². The summed E-state index contributed by atoms with van der Waals surface area (Å²) >= 11 is 5.53. The molecule has 2 amide bonds. The van der Waals surface area contributed by atoms with Crippen molar-refractivity contribution in [2.75, 3.05) is 20.1 Å². The fraction of sp³-hybridized carbons (Fsp3) is 0.231. The molecule has 1 N–H and O–H groups in total. The van der Waals surface area contributed by atoms with Gasteiger partial charge in [0.1, 0.15) is 0 Å². The number of rotatable bonds is 5. The van der Waals surface area contributed by atoms with Crippen molar-refractivity contribution in [3.63, 3.8) is 0 Å². The molecule has 0 aliphatic rings. The van der Waals surface area contributed by atoms with Crippen LogP contribution in [0.25, 0.3) is 0 Å². The highest BCUT2D eigenvalue weighted by Gasteiger charge is 2.14. The van der Waals surface area contributed by atoms with Crippen LogP contribution in [0.15, 0.2) is 41.9 Å². The van der Waals surface area contributed by atoms with Crippen molar-refractivity contribution in [1.82, 2.24) is 10.2 Å².